The third-order valence-corrected chi connectivity index (χ3v) is 5.75. The molecular weight excluding hydrogens is 300 g/mol. The van der Waals surface area contributed by atoms with Crippen LogP contribution < -0.4 is 5.32 Å². The van der Waals surface area contributed by atoms with Crippen molar-refractivity contribution in [2.45, 2.75) is 44.3 Å². The number of nitrogens with one attached hydrogen (secondary N) is 1. The van der Waals surface area contributed by atoms with Gasteiger partial charge in [0.2, 0.25) is 5.91 Å². The molecule has 0 bridgehead atoms. The summed E-state index contributed by atoms with van der Waals surface area (Å²) in [7, 11) is 0. The third kappa shape index (κ3) is 3.98. The van der Waals surface area contributed by atoms with Crippen LogP contribution in [0.3, 0.4) is 0 Å². The predicted molar refractivity (Wildman–Crippen MR) is 93.7 cm³/mol. The van der Waals surface area contributed by atoms with Crippen molar-refractivity contribution in [1.29, 1.82) is 0 Å². The second-order valence-electron chi connectivity index (χ2n) is 7.67. The van der Waals surface area contributed by atoms with Crippen molar-refractivity contribution in [1.82, 2.24) is 10.2 Å². The van der Waals surface area contributed by atoms with Gasteiger partial charge < -0.3 is 15.0 Å². The Morgan fingerprint density at radius 1 is 1.21 bits per heavy atom. The number of fused-ring (bicyclic) bond motifs is 1. The highest BCUT2D eigenvalue weighted by Crippen LogP contribution is 2.33. The van der Waals surface area contributed by atoms with E-state index in [0.29, 0.717) is 5.92 Å². The van der Waals surface area contributed by atoms with Crippen LogP contribution >= 0.6 is 0 Å². The van der Waals surface area contributed by atoms with Crippen LogP contribution in [0.5, 0.6) is 0 Å². The van der Waals surface area contributed by atoms with Gasteiger partial charge in [-0.3, -0.25) is 4.79 Å². The maximum absolute atomic E-state index is 12.3. The van der Waals surface area contributed by atoms with Crippen LogP contribution in [0, 0.1) is 11.8 Å². The molecule has 3 atom stereocenters. The van der Waals surface area contributed by atoms with E-state index in [1.54, 1.807) is 0 Å². The number of benzene rings is 1. The van der Waals surface area contributed by atoms with E-state index in [0.717, 1.165) is 51.4 Å². The molecule has 4 rings (SSSR count). The van der Waals surface area contributed by atoms with Gasteiger partial charge >= 0.3 is 0 Å². The Kier molecular flexibility index (Phi) is 4.86. The largest absolute Gasteiger partial charge is 0.364 e. The van der Waals surface area contributed by atoms with E-state index in [1.807, 2.05) is 0 Å². The van der Waals surface area contributed by atoms with E-state index >= 15 is 0 Å². The molecule has 0 radical (unpaired) electrons. The van der Waals surface area contributed by atoms with E-state index in [4.69, 9.17) is 4.74 Å². The number of likely N-dealkylation sites (tertiary alicyclic amines) is 1. The topological polar surface area (TPSA) is 41.6 Å². The zero-order chi connectivity index (χ0) is 16.4. The summed E-state index contributed by atoms with van der Waals surface area (Å²) >= 11 is 0. The summed E-state index contributed by atoms with van der Waals surface area (Å²) in [6, 6.07) is 10.7. The van der Waals surface area contributed by atoms with Gasteiger partial charge in [0.05, 0.1) is 6.10 Å². The summed E-state index contributed by atoms with van der Waals surface area (Å²) in [5.74, 6) is 1.41. The van der Waals surface area contributed by atoms with Gasteiger partial charge in [0, 0.05) is 19.6 Å². The van der Waals surface area contributed by atoms with Crippen LogP contribution in [-0.2, 0) is 16.0 Å². The zero-order valence-electron chi connectivity index (χ0n) is 14.3. The molecule has 24 heavy (non-hydrogen) atoms. The Morgan fingerprint density at radius 2 is 2.04 bits per heavy atom. The monoisotopic (exact) mass is 328 g/mol. The number of piperidine rings is 1. The van der Waals surface area contributed by atoms with Crippen molar-refractivity contribution in [3.05, 3.63) is 35.9 Å². The molecule has 1 aliphatic carbocycles. The number of hydrogen-bond acceptors (Lipinski definition) is 3. The fourth-order valence-corrected chi connectivity index (χ4v) is 3.98. The molecule has 1 aromatic carbocycles. The molecule has 0 spiro atoms. The van der Waals surface area contributed by atoms with E-state index < -0.39 is 0 Å². The summed E-state index contributed by atoms with van der Waals surface area (Å²) in [4.78, 5) is 14.8. The van der Waals surface area contributed by atoms with Gasteiger partial charge in [-0.1, -0.05) is 30.3 Å². The molecule has 4 nitrogen and oxygen atoms in total. The van der Waals surface area contributed by atoms with Gasteiger partial charge in [-0.2, -0.15) is 0 Å². The van der Waals surface area contributed by atoms with Gasteiger partial charge in [-0.15, -0.1) is 0 Å². The summed E-state index contributed by atoms with van der Waals surface area (Å²) in [6.07, 6.45) is 5.73. The average Bonchev–Trinajstić information content (AvgIpc) is 3.35. The van der Waals surface area contributed by atoms with Crippen molar-refractivity contribution in [2.24, 2.45) is 11.8 Å². The lowest BCUT2D eigenvalue weighted by atomic mass is 9.91. The van der Waals surface area contributed by atoms with E-state index in [9.17, 15) is 4.79 Å². The van der Waals surface area contributed by atoms with Crippen LogP contribution in [-0.4, -0.2) is 49.2 Å². The lowest BCUT2D eigenvalue weighted by molar-refractivity contribution is -0.132. The molecule has 4 heteroatoms. The summed E-state index contributed by atoms with van der Waals surface area (Å²) < 4.78 is 6.11. The fourth-order valence-electron chi connectivity index (χ4n) is 3.98. The van der Waals surface area contributed by atoms with Crippen LogP contribution in [0.1, 0.15) is 31.2 Å². The molecule has 3 aliphatic rings. The molecule has 0 unspecified atom stereocenters. The highest BCUT2D eigenvalue weighted by molar-refractivity contribution is 5.81. The molecule has 1 aromatic rings. The average molecular weight is 328 g/mol. The Labute approximate surface area is 144 Å². The van der Waals surface area contributed by atoms with Crippen molar-refractivity contribution >= 4 is 5.91 Å². The minimum Gasteiger partial charge on any atom is -0.364 e. The van der Waals surface area contributed by atoms with Crippen LogP contribution in [0.4, 0.5) is 0 Å². The second kappa shape index (κ2) is 7.24. The normalized spacial score (nSPS) is 30.1. The van der Waals surface area contributed by atoms with Crippen LogP contribution in [0.15, 0.2) is 30.3 Å². The van der Waals surface area contributed by atoms with Crippen molar-refractivity contribution in [3.63, 3.8) is 0 Å². The molecule has 1 saturated carbocycles. The van der Waals surface area contributed by atoms with Gasteiger partial charge in [0.15, 0.2) is 0 Å². The predicted octanol–water partition coefficient (Wildman–Crippen LogP) is 2.23. The fraction of sp³-hybridized carbons (Fsp3) is 0.650. The highest BCUT2D eigenvalue weighted by Gasteiger charge is 2.41. The summed E-state index contributed by atoms with van der Waals surface area (Å²) in [5, 5.41) is 3.08. The van der Waals surface area contributed by atoms with Crippen molar-refractivity contribution in [2.75, 3.05) is 26.2 Å². The first-order valence-corrected chi connectivity index (χ1v) is 9.47. The molecule has 1 amide bonds. The second-order valence-corrected chi connectivity index (χ2v) is 7.67. The highest BCUT2D eigenvalue weighted by atomic mass is 16.5. The first-order valence-electron chi connectivity index (χ1n) is 9.47. The molecule has 0 aromatic heterocycles. The summed E-state index contributed by atoms with van der Waals surface area (Å²) in [6.45, 7) is 4.03. The number of hydrogen-bond donors (Lipinski definition) is 1. The Hall–Kier alpha value is -1.39. The zero-order valence-corrected chi connectivity index (χ0v) is 14.3. The minimum atomic E-state index is -0.215. The maximum Gasteiger partial charge on any atom is 0.249 e. The van der Waals surface area contributed by atoms with Crippen LogP contribution in [0.25, 0.3) is 0 Å². The van der Waals surface area contributed by atoms with Gasteiger partial charge in [-0.25, -0.2) is 0 Å². The number of amides is 1. The number of carbonyl (C=O) groups is 1. The minimum absolute atomic E-state index is 0.118. The maximum atomic E-state index is 12.3. The van der Waals surface area contributed by atoms with Gasteiger partial charge in [0.1, 0.15) is 6.10 Å². The quantitative estimate of drug-likeness (QED) is 0.871. The molecule has 130 valence electrons. The number of rotatable bonds is 6. The SMILES string of the molecule is O=C(NCC1CC1)[C@@H]1C[C@H]2CCN(CCc3ccccc3)C[C@@H]2O1. The number of ether oxygens (including phenoxy) is 1. The van der Waals surface area contributed by atoms with E-state index in [-0.39, 0.29) is 18.1 Å². The first kappa shape index (κ1) is 16.1. The Balaban J connectivity index is 1.23. The Bertz CT molecular complexity index is 558. The third-order valence-electron chi connectivity index (χ3n) is 5.75. The van der Waals surface area contributed by atoms with Crippen molar-refractivity contribution < 1.29 is 9.53 Å². The lowest BCUT2D eigenvalue weighted by Crippen LogP contribution is -2.43. The number of carbonyl (C=O) groups excluding carboxylic acids is 1. The molecule has 2 aliphatic heterocycles. The van der Waals surface area contributed by atoms with E-state index in [1.165, 1.54) is 18.4 Å². The Morgan fingerprint density at radius 3 is 2.83 bits per heavy atom. The molecule has 2 heterocycles. The molecule has 2 saturated heterocycles. The summed E-state index contributed by atoms with van der Waals surface area (Å²) in [5.41, 5.74) is 1.39. The van der Waals surface area contributed by atoms with E-state index in [2.05, 4.69) is 40.5 Å². The van der Waals surface area contributed by atoms with Crippen molar-refractivity contribution in [3.8, 4) is 0 Å². The molecule has 1 N–H and O–H groups in total. The van der Waals surface area contributed by atoms with Gasteiger partial charge in [-0.05, 0) is 56.0 Å². The molecule has 3 fully saturated rings. The number of nitrogens with zero attached hydrogens (tertiary/aromatic N) is 1. The smallest absolute Gasteiger partial charge is 0.249 e. The molecular formula is C20H28N2O2. The van der Waals surface area contributed by atoms with Gasteiger partial charge in [0.25, 0.3) is 0 Å². The standard InChI is InChI=1S/C20H28N2O2/c23-20(21-13-16-6-7-16)18-12-17-9-11-22(14-19(17)24-18)10-8-15-4-2-1-3-5-15/h1-5,16-19H,6-14H2,(H,21,23)/t17-,18+,19+/m1/s1. The first-order chi connectivity index (χ1) is 11.8. The lowest BCUT2D eigenvalue weighted by Gasteiger charge is -2.34. The van der Waals surface area contributed by atoms with Crippen LogP contribution in [0.2, 0.25) is 0 Å².